The molecule has 1 atom stereocenters. The second kappa shape index (κ2) is 10.7. The van der Waals surface area contributed by atoms with E-state index in [0.717, 1.165) is 57.5 Å². The van der Waals surface area contributed by atoms with Crippen LogP contribution in [0.2, 0.25) is 0 Å². The first kappa shape index (κ1) is 20.0. The van der Waals surface area contributed by atoms with Gasteiger partial charge in [-0.25, -0.2) is 4.79 Å². The molecule has 0 unspecified atom stereocenters. The minimum absolute atomic E-state index is 0.0241. The maximum absolute atomic E-state index is 12.4. The third-order valence-corrected chi connectivity index (χ3v) is 4.93. The first-order chi connectivity index (χ1) is 11.0. The minimum Gasteiger partial charge on any atom is -0.324 e. The molecule has 4 heteroatoms. The van der Waals surface area contributed by atoms with E-state index in [1.165, 1.54) is 12.8 Å². The molecule has 0 aromatic rings. The number of rotatable bonds is 8. The maximum Gasteiger partial charge on any atom is 0.324 e. The largest absolute Gasteiger partial charge is 0.324 e. The molecule has 1 rings (SSSR count). The van der Waals surface area contributed by atoms with Gasteiger partial charge in [-0.2, -0.15) is 0 Å². The lowest BCUT2D eigenvalue weighted by Gasteiger charge is -2.32. The third kappa shape index (κ3) is 7.36. The molecule has 1 fully saturated rings. The molecule has 23 heavy (non-hydrogen) atoms. The molecule has 1 N–H and O–H groups in total. The average Bonchev–Trinajstić information content (AvgIpc) is 2.52. The number of hydrogen-bond donors (Lipinski definition) is 1. The quantitative estimate of drug-likeness (QED) is 0.710. The molecule has 0 spiro atoms. The van der Waals surface area contributed by atoms with Gasteiger partial charge in [0.2, 0.25) is 5.91 Å². The summed E-state index contributed by atoms with van der Waals surface area (Å²) < 4.78 is 0. The van der Waals surface area contributed by atoms with Crippen molar-refractivity contribution in [2.24, 2.45) is 17.8 Å². The molecule has 0 aromatic carbocycles. The Morgan fingerprint density at radius 3 is 2.22 bits per heavy atom. The van der Waals surface area contributed by atoms with Crippen molar-refractivity contribution < 1.29 is 9.59 Å². The fraction of sp³-hybridized carbons (Fsp3) is 0.895. The highest BCUT2D eigenvalue weighted by Gasteiger charge is 2.25. The van der Waals surface area contributed by atoms with Crippen LogP contribution in [0.5, 0.6) is 0 Å². The number of carbonyl (C=O) groups is 2. The van der Waals surface area contributed by atoms with Crippen molar-refractivity contribution in [3.63, 3.8) is 0 Å². The minimum atomic E-state index is -0.185. The highest BCUT2D eigenvalue weighted by atomic mass is 16.2. The lowest BCUT2D eigenvalue weighted by atomic mass is 9.92. The molecule has 4 nitrogen and oxygen atoms in total. The van der Waals surface area contributed by atoms with E-state index in [9.17, 15) is 9.59 Å². The molecule has 1 heterocycles. The van der Waals surface area contributed by atoms with E-state index < -0.39 is 0 Å². The van der Waals surface area contributed by atoms with E-state index in [2.05, 4.69) is 33.0 Å². The van der Waals surface area contributed by atoms with Gasteiger partial charge in [-0.3, -0.25) is 10.1 Å². The lowest BCUT2D eigenvalue weighted by Crippen LogP contribution is -2.48. The van der Waals surface area contributed by atoms with Crippen LogP contribution < -0.4 is 5.32 Å². The molecule has 0 saturated carbocycles. The summed E-state index contributed by atoms with van der Waals surface area (Å²) in [6.45, 7) is 10.2. The van der Waals surface area contributed by atoms with E-state index >= 15 is 0 Å². The molecule has 0 aliphatic carbocycles. The molecule has 134 valence electrons. The number of likely N-dealkylation sites (tertiary alicyclic amines) is 1. The molecular formula is C19H36N2O2. The number of urea groups is 1. The van der Waals surface area contributed by atoms with Gasteiger partial charge in [-0.15, -0.1) is 0 Å². The van der Waals surface area contributed by atoms with Crippen LogP contribution in [0.1, 0.15) is 79.1 Å². The number of imide groups is 1. The summed E-state index contributed by atoms with van der Waals surface area (Å²) >= 11 is 0. The monoisotopic (exact) mass is 324 g/mol. The molecule has 1 aliphatic heterocycles. The highest BCUT2D eigenvalue weighted by Crippen LogP contribution is 2.22. The van der Waals surface area contributed by atoms with E-state index in [4.69, 9.17) is 0 Å². The van der Waals surface area contributed by atoms with Gasteiger partial charge in [0.15, 0.2) is 0 Å². The maximum atomic E-state index is 12.4. The predicted octanol–water partition coefficient (Wildman–Crippen LogP) is 4.59. The van der Waals surface area contributed by atoms with Gasteiger partial charge in [0.05, 0.1) is 0 Å². The van der Waals surface area contributed by atoms with E-state index in [-0.39, 0.29) is 17.9 Å². The van der Waals surface area contributed by atoms with Crippen LogP contribution in [0.25, 0.3) is 0 Å². The van der Waals surface area contributed by atoms with Crippen LogP contribution in [0, 0.1) is 17.8 Å². The van der Waals surface area contributed by atoms with Crippen LogP contribution >= 0.6 is 0 Å². The molecule has 0 bridgehead atoms. The van der Waals surface area contributed by atoms with Crippen molar-refractivity contribution in [2.45, 2.75) is 79.1 Å². The lowest BCUT2D eigenvalue weighted by molar-refractivity contribution is -0.124. The molecule has 0 aromatic heterocycles. The third-order valence-electron chi connectivity index (χ3n) is 4.93. The summed E-state index contributed by atoms with van der Waals surface area (Å²) in [6.07, 6.45) is 8.36. The van der Waals surface area contributed by atoms with Gasteiger partial charge >= 0.3 is 6.03 Å². The van der Waals surface area contributed by atoms with Crippen molar-refractivity contribution in [1.82, 2.24) is 10.2 Å². The summed E-state index contributed by atoms with van der Waals surface area (Å²) in [7, 11) is 0. The van der Waals surface area contributed by atoms with Gasteiger partial charge in [-0.1, -0.05) is 53.4 Å². The van der Waals surface area contributed by atoms with Crippen molar-refractivity contribution in [2.75, 3.05) is 13.1 Å². The molecule has 1 saturated heterocycles. The Hall–Kier alpha value is -1.06. The van der Waals surface area contributed by atoms with Crippen LogP contribution in [-0.2, 0) is 4.79 Å². The zero-order valence-corrected chi connectivity index (χ0v) is 15.6. The smallest absolute Gasteiger partial charge is 0.324 e. The summed E-state index contributed by atoms with van der Waals surface area (Å²) in [5.41, 5.74) is 0. The highest BCUT2D eigenvalue weighted by molar-refractivity contribution is 5.95. The Kier molecular flexibility index (Phi) is 9.27. The Labute approximate surface area is 142 Å². The Balaban J connectivity index is 2.43. The molecule has 3 amide bonds. The number of hydrogen-bond acceptors (Lipinski definition) is 2. The summed E-state index contributed by atoms with van der Waals surface area (Å²) in [5.74, 6) is 1.24. The molecule has 1 aliphatic rings. The predicted molar refractivity (Wildman–Crippen MR) is 95.2 cm³/mol. The zero-order chi connectivity index (χ0) is 17.2. The van der Waals surface area contributed by atoms with Gasteiger partial charge < -0.3 is 4.90 Å². The van der Waals surface area contributed by atoms with Crippen molar-refractivity contribution >= 4 is 11.9 Å². The SMILES string of the molecule is CCCC1CCN(C(=O)NC(=O)[C@@H](CCC)CCC(C)C)CC1. The first-order valence-electron chi connectivity index (χ1n) is 9.57. The number of nitrogens with one attached hydrogen (secondary N) is 1. The molecular weight excluding hydrogens is 288 g/mol. The number of amides is 3. The van der Waals surface area contributed by atoms with Crippen molar-refractivity contribution in [1.29, 1.82) is 0 Å². The van der Waals surface area contributed by atoms with Crippen molar-refractivity contribution in [3.05, 3.63) is 0 Å². The normalized spacial score (nSPS) is 17.3. The van der Waals surface area contributed by atoms with E-state index in [0.29, 0.717) is 5.92 Å². The second-order valence-corrected chi connectivity index (χ2v) is 7.47. The van der Waals surface area contributed by atoms with Gasteiger partial charge in [0.25, 0.3) is 0 Å². The number of carbonyl (C=O) groups excluding carboxylic acids is 2. The number of piperidine rings is 1. The Morgan fingerprint density at radius 2 is 1.70 bits per heavy atom. The van der Waals surface area contributed by atoms with E-state index in [1.807, 2.05) is 4.90 Å². The fourth-order valence-corrected chi connectivity index (χ4v) is 3.41. The van der Waals surface area contributed by atoms with E-state index in [1.54, 1.807) is 0 Å². The zero-order valence-electron chi connectivity index (χ0n) is 15.6. The van der Waals surface area contributed by atoms with Crippen LogP contribution in [0.15, 0.2) is 0 Å². The van der Waals surface area contributed by atoms with Crippen LogP contribution in [0.3, 0.4) is 0 Å². The Bertz CT molecular complexity index is 360. The standard InChI is InChI=1S/C19H36N2O2/c1-5-7-16-11-13-21(14-12-16)19(23)20-18(22)17(8-6-2)10-9-15(3)4/h15-17H,5-14H2,1-4H3,(H,20,22,23)/t17-/m0/s1. The summed E-state index contributed by atoms with van der Waals surface area (Å²) in [6, 6.07) is -0.185. The topological polar surface area (TPSA) is 49.4 Å². The van der Waals surface area contributed by atoms with Crippen LogP contribution in [0.4, 0.5) is 4.79 Å². The number of nitrogens with zero attached hydrogens (tertiary/aromatic N) is 1. The summed E-state index contributed by atoms with van der Waals surface area (Å²) in [5, 5.41) is 2.65. The molecule has 0 radical (unpaired) electrons. The Morgan fingerprint density at radius 1 is 1.04 bits per heavy atom. The first-order valence-corrected chi connectivity index (χ1v) is 9.57. The average molecular weight is 325 g/mol. The fourth-order valence-electron chi connectivity index (χ4n) is 3.41. The summed E-state index contributed by atoms with van der Waals surface area (Å²) in [4.78, 5) is 26.5. The second-order valence-electron chi connectivity index (χ2n) is 7.47. The van der Waals surface area contributed by atoms with Gasteiger partial charge in [-0.05, 0) is 37.5 Å². The van der Waals surface area contributed by atoms with Gasteiger partial charge in [0.1, 0.15) is 0 Å². The van der Waals surface area contributed by atoms with Crippen LogP contribution in [-0.4, -0.2) is 29.9 Å². The van der Waals surface area contributed by atoms with Gasteiger partial charge in [0, 0.05) is 19.0 Å². The van der Waals surface area contributed by atoms with Crippen molar-refractivity contribution in [3.8, 4) is 0 Å².